The van der Waals surface area contributed by atoms with E-state index in [0.717, 1.165) is 59.9 Å². The number of hydrogen-bond acceptors (Lipinski definition) is 6. The van der Waals surface area contributed by atoms with Gasteiger partial charge >= 0.3 is 0 Å². The molecular formula is C24H29N7S. The highest BCUT2D eigenvalue weighted by Crippen LogP contribution is 2.30. The van der Waals surface area contributed by atoms with Crippen molar-refractivity contribution < 1.29 is 0 Å². The fraction of sp³-hybridized carbons (Fsp3) is 0.375. The third-order valence-corrected chi connectivity index (χ3v) is 5.73. The average molecular weight is 448 g/mol. The zero-order chi connectivity index (χ0) is 22.2. The summed E-state index contributed by atoms with van der Waals surface area (Å²) in [6.07, 6.45) is 6.42. The summed E-state index contributed by atoms with van der Waals surface area (Å²) in [4.78, 5) is 4.80. The summed E-state index contributed by atoms with van der Waals surface area (Å²) in [5, 5.41) is 19.1. The van der Waals surface area contributed by atoms with Crippen molar-refractivity contribution in [3.8, 4) is 22.5 Å². The quantitative estimate of drug-likeness (QED) is 0.256. The topological polar surface area (TPSA) is 85.2 Å². The Hall–Kier alpha value is -3.00. The van der Waals surface area contributed by atoms with E-state index in [1.807, 2.05) is 18.2 Å². The van der Waals surface area contributed by atoms with E-state index >= 15 is 0 Å². The molecule has 2 heterocycles. The van der Waals surface area contributed by atoms with E-state index in [9.17, 15) is 0 Å². The van der Waals surface area contributed by atoms with Crippen LogP contribution >= 0.6 is 12.6 Å². The lowest BCUT2D eigenvalue weighted by Gasteiger charge is -2.09. The van der Waals surface area contributed by atoms with Crippen LogP contribution in [-0.4, -0.2) is 41.1 Å². The molecule has 1 N–H and O–H groups in total. The molecule has 0 spiro atoms. The lowest BCUT2D eigenvalue weighted by Crippen LogP contribution is -2.07. The van der Waals surface area contributed by atoms with E-state index in [2.05, 4.69) is 75.2 Å². The van der Waals surface area contributed by atoms with Gasteiger partial charge in [0, 0.05) is 24.9 Å². The number of nitrogens with zero attached hydrogens (tertiary/aromatic N) is 6. The maximum absolute atomic E-state index is 4.80. The molecule has 0 bridgehead atoms. The van der Waals surface area contributed by atoms with Gasteiger partial charge in [0.1, 0.15) is 5.82 Å². The number of H-pyrrole nitrogens is 1. The van der Waals surface area contributed by atoms with Gasteiger partial charge < -0.3 is 0 Å². The van der Waals surface area contributed by atoms with E-state index in [1.165, 1.54) is 24.8 Å². The third-order valence-electron chi connectivity index (χ3n) is 5.51. The van der Waals surface area contributed by atoms with Gasteiger partial charge in [-0.25, -0.2) is 14.8 Å². The summed E-state index contributed by atoms with van der Waals surface area (Å²) in [6, 6.07) is 16.8. The van der Waals surface area contributed by atoms with Crippen molar-refractivity contribution in [2.75, 3.05) is 5.75 Å². The fourth-order valence-corrected chi connectivity index (χ4v) is 4.03. The minimum Gasteiger partial charge on any atom is -0.249 e. The average Bonchev–Trinajstić information content (AvgIpc) is 3.48. The molecule has 0 saturated heterocycles. The summed E-state index contributed by atoms with van der Waals surface area (Å²) in [5.41, 5.74) is 4.41. The highest BCUT2D eigenvalue weighted by atomic mass is 32.1. The monoisotopic (exact) mass is 447 g/mol. The molecule has 32 heavy (non-hydrogen) atoms. The maximum Gasteiger partial charge on any atom is 0.180 e. The maximum atomic E-state index is 4.80. The normalized spacial score (nSPS) is 11.2. The largest absolute Gasteiger partial charge is 0.249 e. The fourth-order valence-electron chi connectivity index (χ4n) is 3.83. The van der Waals surface area contributed by atoms with Crippen LogP contribution in [0.1, 0.15) is 49.8 Å². The Bertz CT molecular complexity index is 1100. The Morgan fingerprint density at radius 2 is 1.78 bits per heavy atom. The lowest BCUT2D eigenvalue weighted by atomic mass is 9.98. The second-order valence-corrected chi connectivity index (χ2v) is 8.32. The first-order valence-corrected chi connectivity index (χ1v) is 11.9. The Morgan fingerprint density at radius 3 is 2.50 bits per heavy atom. The van der Waals surface area contributed by atoms with Crippen LogP contribution in [0, 0.1) is 0 Å². The summed E-state index contributed by atoms with van der Waals surface area (Å²) < 4.78 is 2.09. The van der Waals surface area contributed by atoms with Crippen LogP contribution < -0.4 is 0 Å². The summed E-state index contributed by atoms with van der Waals surface area (Å²) in [5.74, 6) is 3.34. The van der Waals surface area contributed by atoms with Gasteiger partial charge in [-0.1, -0.05) is 74.7 Å². The minimum atomic E-state index is 0.664. The number of tetrazole rings is 1. The lowest BCUT2D eigenvalue weighted by molar-refractivity contribution is 0.522. The van der Waals surface area contributed by atoms with Crippen LogP contribution in [0.4, 0.5) is 0 Å². The highest BCUT2D eigenvalue weighted by molar-refractivity contribution is 7.80. The van der Waals surface area contributed by atoms with Crippen molar-refractivity contribution in [2.45, 2.75) is 52.0 Å². The smallest absolute Gasteiger partial charge is 0.180 e. The number of aromatic amines is 1. The Balaban J connectivity index is 1.52. The second-order valence-electron chi connectivity index (χ2n) is 7.87. The standard InChI is InChI=1S/C24H29N7S/c1-2-3-4-7-15-31-23(25-22(28-31)14-16-32)17-18-10-12-19(13-11-18)20-8-5-6-9-21(20)24-26-29-30-27-24/h5-6,8-13,32H,2-4,7,14-17H2,1H3,(H,26,27,29,30). The molecule has 4 rings (SSSR count). The zero-order valence-electron chi connectivity index (χ0n) is 18.4. The molecule has 0 fully saturated rings. The molecule has 0 saturated carbocycles. The summed E-state index contributed by atoms with van der Waals surface area (Å²) in [7, 11) is 0. The molecule has 0 radical (unpaired) electrons. The van der Waals surface area contributed by atoms with Crippen LogP contribution in [0.25, 0.3) is 22.5 Å². The molecule has 7 nitrogen and oxygen atoms in total. The van der Waals surface area contributed by atoms with Crippen LogP contribution in [0.15, 0.2) is 48.5 Å². The van der Waals surface area contributed by atoms with Gasteiger partial charge in [-0.15, -0.1) is 5.10 Å². The zero-order valence-corrected chi connectivity index (χ0v) is 19.3. The molecule has 0 atom stereocenters. The molecule has 0 amide bonds. The first kappa shape index (κ1) is 22.2. The van der Waals surface area contributed by atoms with Crippen molar-refractivity contribution in [3.63, 3.8) is 0 Å². The number of aromatic nitrogens is 7. The molecule has 2 aromatic carbocycles. The first-order valence-electron chi connectivity index (χ1n) is 11.2. The van der Waals surface area contributed by atoms with Gasteiger partial charge in [-0.2, -0.15) is 17.7 Å². The minimum absolute atomic E-state index is 0.664. The van der Waals surface area contributed by atoms with E-state index in [-0.39, 0.29) is 0 Å². The van der Waals surface area contributed by atoms with Crippen LogP contribution in [0.3, 0.4) is 0 Å². The van der Waals surface area contributed by atoms with Gasteiger partial charge in [-0.05, 0) is 39.3 Å². The first-order chi connectivity index (χ1) is 15.8. The molecular weight excluding hydrogens is 418 g/mol. The van der Waals surface area contributed by atoms with Gasteiger partial charge in [-0.3, -0.25) is 0 Å². The van der Waals surface area contributed by atoms with E-state index < -0.39 is 0 Å². The van der Waals surface area contributed by atoms with Crippen molar-refractivity contribution in [3.05, 3.63) is 65.7 Å². The number of hydrogen-bond donors (Lipinski definition) is 2. The Kier molecular flexibility index (Phi) is 7.66. The Labute approximate surface area is 194 Å². The number of nitrogens with one attached hydrogen (secondary N) is 1. The van der Waals surface area contributed by atoms with Crippen molar-refractivity contribution in [1.82, 2.24) is 35.4 Å². The molecule has 2 aromatic heterocycles. The van der Waals surface area contributed by atoms with Crippen molar-refractivity contribution >= 4 is 12.6 Å². The molecule has 166 valence electrons. The predicted molar refractivity (Wildman–Crippen MR) is 130 cm³/mol. The van der Waals surface area contributed by atoms with E-state index in [1.54, 1.807) is 0 Å². The SMILES string of the molecule is CCCCCCn1nc(CCS)nc1Cc1ccc(-c2ccccc2-c2nnn[nH]2)cc1. The van der Waals surface area contributed by atoms with E-state index in [4.69, 9.17) is 10.1 Å². The van der Waals surface area contributed by atoms with E-state index in [0.29, 0.717) is 5.82 Å². The molecule has 0 unspecified atom stereocenters. The second kappa shape index (κ2) is 11.0. The number of benzene rings is 2. The Morgan fingerprint density at radius 1 is 0.969 bits per heavy atom. The van der Waals surface area contributed by atoms with Gasteiger partial charge in [0.15, 0.2) is 11.6 Å². The highest BCUT2D eigenvalue weighted by Gasteiger charge is 2.12. The number of aryl methyl sites for hydroxylation is 2. The molecule has 8 heteroatoms. The molecule has 0 aliphatic carbocycles. The predicted octanol–water partition coefficient (Wildman–Crippen LogP) is 4.77. The van der Waals surface area contributed by atoms with Gasteiger partial charge in [0.25, 0.3) is 0 Å². The van der Waals surface area contributed by atoms with Crippen LogP contribution in [0.2, 0.25) is 0 Å². The summed E-state index contributed by atoms with van der Waals surface area (Å²) >= 11 is 4.35. The van der Waals surface area contributed by atoms with Crippen molar-refractivity contribution in [1.29, 1.82) is 0 Å². The molecule has 0 aliphatic heterocycles. The molecule has 4 aromatic rings. The van der Waals surface area contributed by atoms with Gasteiger partial charge in [0.2, 0.25) is 0 Å². The number of unbranched alkanes of at least 4 members (excludes halogenated alkanes) is 3. The number of thiol groups is 1. The number of rotatable bonds is 11. The third kappa shape index (κ3) is 5.43. The molecule has 0 aliphatic rings. The van der Waals surface area contributed by atoms with Crippen molar-refractivity contribution in [2.24, 2.45) is 0 Å². The van der Waals surface area contributed by atoms with Gasteiger partial charge in [0.05, 0.1) is 0 Å². The van der Waals surface area contributed by atoms with Crippen LogP contribution in [-0.2, 0) is 19.4 Å². The van der Waals surface area contributed by atoms with Crippen LogP contribution in [0.5, 0.6) is 0 Å². The summed E-state index contributed by atoms with van der Waals surface area (Å²) in [6.45, 7) is 3.15.